The summed E-state index contributed by atoms with van der Waals surface area (Å²) in [5, 5.41) is 0.523. The first kappa shape index (κ1) is 12.4. The Kier molecular flexibility index (Phi) is 3.66. The maximum atomic E-state index is 12.4. The van der Waals surface area contributed by atoms with E-state index in [0.29, 0.717) is 16.6 Å². The van der Waals surface area contributed by atoms with Crippen LogP contribution in [0.3, 0.4) is 0 Å². The molecular weight excluding hydrogens is 234 g/mol. The minimum atomic E-state index is 0.107. The number of aryl methyl sites for hydroxylation is 1. The lowest BCUT2D eigenvalue weighted by atomic mass is 10.3. The van der Waals surface area contributed by atoms with E-state index >= 15 is 0 Å². The fourth-order valence-corrected chi connectivity index (χ4v) is 3.15. The second-order valence-corrected chi connectivity index (χ2v) is 5.92. The number of carbonyl (C=O) groups excluding carboxylic acids is 1. The molecule has 1 aliphatic rings. The van der Waals surface area contributed by atoms with Gasteiger partial charge in [0.2, 0.25) is 0 Å². The maximum absolute atomic E-state index is 12.4. The van der Waals surface area contributed by atoms with Gasteiger partial charge in [0.1, 0.15) is 5.69 Å². The molecule has 1 aromatic rings. The van der Waals surface area contributed by atoms with Crippen molar-refractivity contribution in [3.8, 4) is 0 Å². The van der Waals surface area contributed by atoms with Crippen LogP contribution < -0.4 is 5.73 Å². The van der Waals surface area contributed by atoms with E-state index in [-0.39, 0.29) is 5.91 Å². The van der Waals surface area contributed by atoms with Gasteiger partial charge in [0, 0.05) is 36.8 Å². The van der Waals surface area contributed by atoms with Crippen molar-refractivity contribution in [2.75, 3.05) is 24.6 Å². The summed E-state index contributed by atoms with van der Waals surface area (Å²) in [6.07, 6.45) is 1.83. The molecule has 1 fully saturated rings. The van der Waals surface area contributed by atoms with Crippen LogP contribution in [-0.4, -0.2) is 39.5 Å². The molecule has 2 rings (SSSR count). The van der Waals surface area contributed by atoms with Crippen LogP contribution in [-0.2, 0) is 6.54 Å². The molecule has 0 aromatic carbocycles. The number of amides is 1. The number of hydrogen-bond donors (Lipinski definition) is 1. The molecule has 4 nitrogen and oxygen atoms in total. The van der Waals surface area contributed by atoms with Gasteiger partial charge in [-0.2, -0.15) is 11.8 Å². The topological polar surface area (TPSA) is 51.3 Å². The van der Waals surface area contributed by atoms with Gasteiger partial charge < -0.3 is 15.2 Å². The molecule has 1 aromatic heterocycles. The summed E-state index contributed by atoms with van der Waals surface area (Å²) in [5.41, 5.74) is 7.13. The molecule has 1 atom stereocenters. The summed E-state index contributed by atoms with van der Waals surface area (Å²) >= 11 is 1.92. The van der Waals surface area contributed by atoms with Gasteiger partial charge in [-0.05, 0) is 13.0 Å². The fourth-order valence-electron chi connectivity index (χ4n) is 2.14. The standard InChI is InChI=1S/C12H19N3OS/c1-3-14-8-10(13)6-11(14)12(16)15-4-5-17-9(2)7-15/h6,8-9H,3-5,7,13H2,1-2H3. The van der Waals surface area contributed by atoms with Crippen molar-refractivity contribution in [3.63, 3.8) is 0 Å². The zero-order valence-corrected chi connectivity index (χ0v) is 11.2. The van der Waals surface area contributed by atoms with E-state index < -0.39 is 0 Å². The van der Waals surface area contributed by atoms with Crippen molar-refractivity contribution in [2.45, 2.75) is 25.6 Å². The van der Waals surface area contributed by atoms with Crippen molar-refractivity contribution < 1.29 is 4.79 Å². The molecule has 1 amide bonds. The summed E-state index contributed by atoms with van der Waals surface area (Å²) in [4.78, 5) is 14.3. The van der Waals surface area contributed by atoms with E-state index in [0.717, 1.165) is 25.4 Å². The van der Waals surface area contributed by atoms with Crippen molar-refractivity contribution in [3.05, 3.63) is 18.0 Å². The molecule has 1 aliphatic heterocycles. The van der Waals surface area contributed by atoms with Gasteiger partial charge in [0.05, 0.1) is 5.69 Å². The lowest BCUT2D eigenvalue weighted by Crippen LogP contribution is -2.41. The van der Waals surface area contributed by atoms with E-state index in [1.165, 1.54) is 0 Å². The quantitative estimate of drug-likeness (QED) is 0.872. The molecule has 2 N–H and O–H groups in total. The van der Waals surface area contributed by atoms with Gasteiger partial charge in [-0.25, -0.2) is 0 Å². The molecule has 0 radical (unpaired) electrons. The number of nitrogens with two attached hydrogens (primary N) is 1. The predicted octanol–water partition coefficient (Wildman–Crippen LogP) is 1.67. The minimum absolute atomic E-state index is 0.107. The Balaban J connectivity index is 2.18. The number of rotatable bonds is 2. The molecule has 5 heteroatoms. The summed E-state index contributed by atoms with van der Waals surface area (Å²) in [6, 6.07) is 1.78. The van der Waals surface area contributed by atoms with Crippen LogP contribution in [0.1, 0.15) is 24.3 Å². The second kappa shape index (κ2) is 5.04. The Morgan fingerprint density at radius 2 is 2.41 bits per heavy atom. The summed E-state index contributed by atoms with van der Waals surface area (Å²) in [7, 11) is 0. The lowest BCUT2D eigenvalue weighted by Gasteiger charge is -2.30. The highest BCUT2D eigenvalue weighted by Gasteiger charge is 2.24. The van der Waals surface area contributed by atoms with Crippen molar-refractivity contribution in [1.82, 2.24) is 9.47 Å². The number of nitrogens with zero attached hydrogens (tertiary/aromatic N) is 2. The first-order valence-electron chi connectivity index (χ1n) is 5.98. The van der Waals surface area contributed by atoms with Gasteiger partial charge >= 0.3 is 0 Å². The minimum Gasteiger partial charge on any atom is -0.397 e. The predicted molar refractivity (Wildman–Crippen MR) is 72.3 cm³/mol. The Bertz CT molecular complexity index is 416. The molecular formula is C12H19N3OS. The zero-order valence-electron chi connectivity index (χ0n) is 10.3. The summed E-state index contributed by atoms with van der Waals surface area (Å²) < 4.78 is 1.92. The average molecular weight is 253 g/mol. The third-order valence-electron chi connectivity index (χ3n) is 3.01. The Morgan fingerprint density at radius 3 is 3.06 bits per heavy atom. The number of aromatic nitrogens is 1. The number of carbonyl (C=O) groups is 1. The average Bonchev–Trinajstić information content (AvgIpc) is 2.69. The van der Waals surface area contributed by atoms with Gasteiger partial charge in [0.15, 0.2) is 0 Å². The SMILES string of the molecule is CCn1cc(N)cc1C(=O)N1CCSC(C)C1. The highest BCUT2D eigenvalue weighted by Crippen LogP contribution is 2.20. The van der Waals surface area contributed by atoms with Crippen LogP contribution in [0.4, 0.5) is 5.69 Å². The van der Waals surface area contributed by atoms with Crippen molar-refractivity contribution >= 4 is 23.4 Å². The van der Waals surface area contributed by atoms with Gasteiger partial charge in [-0.1, -0.05) is 6.92 Å². The number of hydrogen-bond acceptors (Lipinski definition) is 3. The largest absolute Gasteiger partial charge is 0.397 e. The molecule has 0 aliphatic carbocycles. The van der Waals surface area contributed by atoms with Gasteiger partial charge in [0.25, 0.3) is 5.91 Å². The first-order chi connectivity index (χ1) is 8.11. The van der Waals surface area contributed by atoms with Crippen LogP contribution in [0.5, 0.6) is 0 Å². The Morgan fingerprint density at radius 1 is 1.65 bits per heavy atom. The molecule has 0 bridgehead atoms. The van der Waals surface area contributed by atoms with E-state index in [4.69, 9.17) is 5.73 Å². The third kappa shape index (κ3) is 2.60. The highest BCUT2D eigenvalue weighted by molar-refractivity contribution is 7.99. The number of anilines is 1. The van der Waals surface area contributed by atoms with Crippen LogP contribution in [0.2, 0.25) is 0 Å². The normalized spacial score (nSPS) is 20.6. The highest BCUT2D eigenvalue weighted by atomic mass is 32.2. The first-order valence-corrected chi connectivity index (χ1v) is 7.03. The monoisotopic (exact) mass is 253 g/mol. The second-order valence-electron chi connectivity index (χ2n) is 4.38. The van der Waals surface area contributed by atoms with Crippen LogP contribution in [0, 0.1) is 0 Å². The number of nitrogen functional groups attached to an aromatic ring is 1. The molecule has 0 spiro atoms. The molecule has 2 heterocycles. The third-order valence-corrected chi connectivity index (χ3v) is 4.14. The van der Waals surface area contributed by atoms with Crippen molar-refractivity contribution in [1.29, 1.82) is 0 Å². The van der Waals surface area contributed by atoms with E-state index in [9.17, 15) is 4.79 Å². The Labute approximate surface area is 106 Å². The van der Waals surface area contributed by atoms with Crippen LogP contribution in [0.25, 0.3) is 0 Å². The van der Waals surface area contributed by atoms with E-state index in [1.54, 1.807) is 6.07 Å². The Hall–Kier alpha value is -1.10. The van der Waals surface area contributed by atoms with Gasteiger partial charge in [-0.3, -0.25) is 4.79 Å². The van der Waals surface area contributed by atoms with E-state index in [1.807, 2.05) is 34.3 Å². The number of thioether (sulfide) groups is 1. The smallest absolute Gasteiger partial charge is 0.270 e. The molecule has 0 saturated carbocycles. The molecule has 1 unspecified atom stereocenters. The fraction of sp³-hybridized carbons (Fsp3) is 0.583. The summed E-state index contributed by atoms with van der Waals surface area (Å²) in [5.74, 6) is 1.13. The van der Waals surface area contributed by atoms with Crippen LogP contribution in [0.15, 0.2) is 12.3 Å². The maximum Gasteiger partial charge on any atom is 0.270 e. The zero-order chi connectivity index (χ0) is 12.4. The molecule has 17 heavy (non-hydrogen) atoms. The van der Waals surface area contributed by atoms with E-state index in [2.05, 4.69) is 6.92 Å². The van der Waals surface area contributed by atoms with Crippen molar-refractivity contribution in [2.24, 2.45) is 0 Å². The van der Waals surface area contributed by atoms with Gasteiger partial charge in [-0.15, -0.1) is 0 Å². The molecule has 94 valence electrons. The van der Waals surface area contributed by atoms with Crippen LogP contribution >= 0.6 is 11.8 Å². The summed E-state index contributed by atoms with van der Waals surface area (Å²) in [6.45, 7) is 6.62. The molecule has 1 saturated heterocycles. The lowest BCUT2D eigenvalue weighted by molar-refractivity contribution is 0.0752.